The number of hydrogen-bond acceptors (Lipinski definition) is 2. The third-order valence-corrected chi connectivity index (χ3v) is 6.00. The first-order valence-electron chi connectivity index (χ1n) is 10.2. The predicted octanol–water partition coefficient (Wildman–Crippen LogP) is 7.38. The Morgan fingerprint density at radius 1 is 0.727 bits per heavy atom. The number of carbonyl (C=O) groups excluding carboxylic acids is 1. The zero-order valence-electron chi connectivity index (χ0n) is 17.2. The molecule has 0 N–H and O–H groups in total. The van der Waals surface area contributed by atoms with Crippen LogP contribution in [0.4, 0.5) is 22.0 Å². The highest BCUT2D eigenvalue weighted by Crippen LogP contribution is 2.39. The van der Waals surface area contributed by atoms with E-state index in [1.54, 1.807) is 13.0 Å². The molecule has 0 spiro atoms. The molecule has 5 aromatic rings. The molecule has 0 heterocycles. The van der Waals surface area contributed by atoms with Crippen LogP contribution >= 0.6 is 0 Å². The number of ether oxygens (including phenoxy) is 1. The van der Waals surface area contributed by atoms with Gasteiger partial charge in [0.15, 0.2) is 0 Å². The highest BCUT2D eigenvalue weighted by atomic mass is 19.2. The van der Waals surface area contributed by atoms with Crippen LogP contribution < -0.4 is 4.74 Å². The molecule has 0 bridgehead atoms. The van der Waals surface area contributed by atoms with Crippen molar-refractivity contribution in [1.29, 1.82) is 0 Å². The van der Waals surface area contributed by atoms with E-state index in [0.29, 0.717) is 5.56 Å². The van der Waals surface area contributed by atoms with Gasteiger partial charge in [-0.2, -0.15) is 8.78 Å². The average molecular weight is 454 g/mol. The Hall–Kier alpha value is -3.74. The molecule has 166 valence electrons. The standard InChI is InChI=1S/C26H15F5O2/c1-2-15(26(32)33-25-23(30)21(28)20(27)22(29)24(25)31)16-10-8-14-7-6-12-4-3-5-13-9-11-17(16)19(14)18(12)13/h3-11,15H,2H2,1H3. The van der Waals surface area contributed by atoms with E-state index in [9.17, 15) is 26.7 Å². The van der Waals surface area contributed by atoms with E-state index in [0.717, 1.165) is 32.3 Å². The molecular formula is C26H15F5O2. The summed E-state index contributed by atoms with van der Waals surface area (Å²) < 4.78 is 73.3. The lowest BCUT2D eigenvalue weighted by Crippen LogP contribution is -2.21. The van der Waals surface area contributed by atoms with Crippen LogP contribution in [0.3, 0.4) is 0 Å². The molecule has 5 rings (SSSR count). The molecule has 0 fully saturated rings. The summed E-state index contributed by atoms with van der Waals surface area (Å²) in [5.41, 5.74) is 0.539. The Bertz CT molecular complexity index is 1520. The quantitative estimate of drug-likeness (QED) is 0.0707. The molecule has 0 aliphatic carbocycles. The number of esters is 1. The van der Waals surface area contributed by atoms with E-state index < -0.39 is 46.7 Å². The van der Waals surface area contributed by atoms with Gasteiger partial charge in [0.25, 0.3) is 0 Å². The Morgan fingerprint density at radius 2 is 1.24 bits per heavy atom. The Morgan fingerprint density at radius 3 is 1.85 bits per heavy atom. The molecule has 0 amide bonds. The van der Waals surface area contributed by atoms with Crippen LogP contribution in [0.5, 0.6) is 5.75 Å². The Balaban J connectivity index is 1.64. The van der Waals surface area contributed by atoms with Crippen molar-refractivity contribution in [3.8, 4) is 5.75 Å². The van der Waals surface area contributed by atoms with Crippen LogP contribution in [0.25, 0.3) is 32.3 Å². The molecule has 0 aliphatic heterocycles. The molecule has 5 aromatic carbocycles. The lowest BCUT2D eigenvalue weighted by Gasteiger charge is -2.19. The van der Waals surface area contributed by atoms with Crippen LogP contribution in [-0.2, 0) is 4.79 Å². The third-order valence-electron chi connectivity index (χ3n) is 6.00. The molecule has 0 radical (unpaired) electrons. The summed E-state index contributed by atoms with van der Waals surface area (Å²) in [7, 11) is 0. The lowest BCUT2D eigenvalue weighted by molar-refractivity contribution is -0.136. The van der Waals surface area contributed by atoms with E-state index in [1.165, 1.54) is 0 Å². The molecular weight excluding hydrogens is 439 g/mol. The molecule has 0 saturated heterocycles. The van der Waals surface area contributed by atoms with Crippen molar-refractivity contribution in [1.82, 2.24) is 0 Å². The van der Waals surface area contributed by atoms with Crippen molar-refractivity contribution < 1.29 is 31.5 Å². The number of rotatable bonds is 4. The fourth-order valence-electron chi connectivity index (χ4n) is 4.42. The third kappa shape index (κ3) is 3.10. The van der Waals surface area contributed by atoms with Crippen LogP contribution in [0.2, 0.25) is 0 Å². The first-order chi connectivity index (χ1) is 15.8. The van der Waals surface area contributed by atoms with Crippen molar-refractivity contribution in [3.63, 3.8) is 0 Å². The smallest absolute Gasteiger partial charge is 0.319 e. The Labute approximate surface area is 184 Å². The fourth-order valence-corrected chi connectivity index (χ4v) is 4.42. The topological polar surface area (TPSA) is 26.3 Å². The first kappa shape index (κ1) is 21.1. The van der Waals surface area contributed by atoms with Crippen molar-refractivity contribution in [2.75, 3.05) is 0 Å². The van der Waals surface area contributed by atoms with Gasteiger partial charge in [-0.05, 0) is 44.3 Å². The maximum Gasteiger partial charge on any atom is 0.319 e. The number of benzene rings is 5. The van der Waals surface area contributed by atoms with Crippen LogP contribution in [0, 0.1) is 29.1 Å². The van der Waals surface area contributed by atoms with Crippen LogP contribution in [0.1, 0.15) is 24.8 Å². The summed E-state index contributed by atoms with van der Waals surface area (Å²) in [6.45, 7) is 1.67. The van der Waals surface area contributed by atoms with Gasteiger partial charge in [0.05, 0.1) is 5.92 Å². The maximum atomic E-state index is 14.1. The van der Waals surface area contributed by atoms with Crippen LogP contribution in [0.15, 0.2) is 54.6 Å². The maximum absolute atomic E-state index is 14.1. The van der Waals surface area contributed by atoms with Gasteiger partial charge in [-0.1, -0.05) is 61.5 Å². The van der Waals surface area contributed by atoms with Gasteiger partial charge in [-0.25, -0.2) is 13.2 Å². The second-order valence-electron chi connectivity index (χ2n) is 7.79. The second kappa shape index (κ2) is 7.69. The zero-order valence-corrected chi connectivity index (χ0v) is 17.2. The normalized spacial score (nSPS) is 12.7. The van der Waals surface area contributed by atoms with Gasteiger partial charge in [0.2, 0.25) is 34.8 Å². The minimum Gasteiger partial charge on any atom is -0.420 e. The molecule has 0 saturated carbocycles. The highest BCUT2D eigenvalue weighted by molar-refractivity contribution is 6.23. The van der Waals surface area contributed by atoms with Gasteiger partial charge in [-0.15, -0.1) is 0 Å². The largest absolute Gasteiger partial charge is 0.420 e. The highest BCUT2D eigenvalue weighted by Gasteiger charge is 2.31. The van der Waals surface area contributed by atoms with E-state index in [2.05, 4.69) is 0 Å². The number of carbonyl (C=O) groups is 1. The average Bonchev–Trinajstić information content (AvgIpc) is 2.84. The van der Waals surface area contributed by atoms with Gasteiger partial charge < -0.3 is 4.74 Å². The van der Waals surface area contributed by atoms with Crippen LogP contribution in [-0.4, -0.2) is 5.97 Å². The molecule has 2 nitrogen and oxygen atoms in total. The molecule has 33 heavy (non-hydrogen) atoms. The number of hydrogen-bond donors (Lipinski definition) is 0. The summed E-state index contributed by atoms with van der Waals surface area (Å²) >= 11 is 0. The zero-order chi connectivity index (χ0) is 23.4. The van der Waals surface area contributed by atoms with E-state index in [1.807, 2.05) is 48.5 Å². The summed E-state index contributed by atoms with van der Waals surface area (Å²) in [6.07, 6.45) is 0.179. The summed E-state index contributed by atoms with van der Waals surface area (Å²) in [5.74, 6) is -14.8. The van der Waals surface area contributed by atoms with Gasteiger partial charge in [-0.3, -0.25) is 4.79 Å². The van der Waals surface area contributed by atoms with Crippen molar-refractivity contribution >= 4 is 38.3 Å². The molecule has 1 unspecified atom stereocenters. The van der Waals surface area contributed by atoms with Crippen molar-refractivity contribution in [2.45, 2.75) is 19.3 Å². The molecule has 1 atom stereocenters. The minimum atomic E-state index is -2.32. The SMILES string of the molecule is CCC(C(=O)Oc1c(F)c(F)c(F)c(F)c1F)c1ccc2ccc3cccc4ccc1c2c34. The molecule has 0 aromatic heterocycles. The summed E-state index contributed by atoms with van der Waals surface area (Å²) in [6, 6.07) is 17.2. The van der Waals surface area contributed by atoms with E-state index in [4.69, 9.17) is 4.74 Å². The number of halogens is 5. The van der Waals surface area contributed by atoms with E-state index in [-0.39, 0.29) is 6.42 Å². The summed E-state index contributed by atoms with van der Waals surface area (Å²) in [4.78, 5) is 12.9. The van der Waals surface area contributed by atoms with Crippen molar-refractivity contribution in [3.05, 3.63) is 89.2 Å². The molecule has 7 heteroatoms. The Kier molecular flexibility index (Phi) is 4.92. The minimum absolute atomic E-state index is 0.179. The molecule has 0 aliphatic rings. The van der Waals surface area contributed by atoms with Gasteiger partial charge >= 0.3 is 5.97 Å². The summed E-state index contributed by atoms with van der Waals surface area (Å²) in [5, 5.41) is 5.65. The van der Waals surface area contributed by atoms with Gasteiger partial charge in [0, 0.05) is 0 Å². The fraction of sp³-hybridized carbons (Fsp3) is 0.115. The second-order valence-corrected chi connectivity index (χ2v) is 7.79. The van der Waals surface area contributed by atoms with E-state index >= 15 is 0 Å². The van der Waals surface area contributed by atoms with Gasteiger partial charge in [0.1, 0.15) is 0 Å². The predicted molar refractivity (Wildman–Crippen MR) is 115 cm³/mol. The monoisotopic (exact) mass is 454 g/mol. The first-order valence-corrected chi connectivity index (χ1v) is 10.2. The van der Waals surface area contributed by atoms with Crippen molar-refractivity contribution in [2.24, 2.45) is 0 Å². The lowest BCUT2D eigenvalue weighted by atomic mass is 9.86.